The van der Waals surface area contributed by atoms with E-state index in [-0.39, 0.29) is 5.54 Å². The predicted octanol–water partition coefficient (Wildman–Crippen LogP) is 6.32. The van der Waals surface area contributed by atoms with Crippen molar-refractivity contribution in [1.29, 1.82) is 0 Å². The van der Waals surface area contributed by atoms with Crippen LogP contribution in [-0.4, -0.2) is 15.4 Å². The monoisotopic (exact) mass is 372 g/mol. The Bertz CT molecular complexity index is 645. The number of aromatic amines is 1. The minimum atomic E-state index is -0.334. The molecular formula is C23H40N4. The number of hydrogen-bond donors (Lipinski definition) is 2. The van der Waals surface area contributed by atoms with Crippen molar-refractivity contribution in [2.24, 2.45) is 17.6 Å². The molecule has 27 heavy (non-hydrogen) atoms. The van der Waals surface area contributed by atoms with Gasteiger partial charge in [-0.1, -0.05) is 91.2 Å². The van der Waals surface area contributed by atoms with Crippen LogP contribution in [0.1, 0.15) is 97.5 Å². The number of nitrogens with zero attached hydrogens (tertiary/aromatic N) is 2. The minimum Gasteiger partial charge on any atom is -0.321 e. The Kier molecular flexibility index (Phi) is 8.75. The summed E-state index contributed by atoms with van der Waals surface area (Å²) in [5, 5.41) is 11.6. The summed E-state index contributed by atoms with van der Waals surface area (Å²) in [7, 11) is 0. The Labute approximate surface area is 165 Å². The molecule has 0 amide bonds. The fourth-order valence-electron chi connectivity index (χ4n) is 4.49. The van der Waals surface area contributed by atoms with Crippen molar-refractivity contribution in [3.05, 3.63) is 23.8 Å². The van der Waals surface area contributed by atoms with Crippen LogP contribution in [0.5, 0.6) is 0 Å². The number of aromatic nitrogens is 3. The van der Waals surface area contributed by atoms with E-state index in [0.29, 0.717) is 11.8 Å². The second-order valence-corrected chi connectivity index (χ2v) is 8.39. The van der Waals surface area contributed by atoms with Crippen molar-refractivity contribution in [2.75, 3.05) is 0 Å². The summed E-state index contributed by atoms with van der Waals surface area (Å²) in [5.74, 6) is 1.33. The van der Waals surface area contributed by atoms with Crippen LogP contribution in [0.2, 0.25) is 0 Å². The lowest BCUT2D eigenvalue weighted by atomic mass is 9.73. The molecule has 2 unspecified atom stereocenters. The van der Waals surface area contributed by atoms with Crippen molar-refractivity contribution in [3.63, 3.8) is 0 Å². The van der Waals surface area contributed by atoms with Crippen LogP contribution in [0.25, 0.3) is 11.0 Å². The molecule has 0 radical (unpaired) electrons. The molecule has 0 aliphatic carbocycles. The van der Waals surface area contributed by atoms with E-state index in [0.717, 1.165) is 23.9 Å². The molecule has 1 heterocycles. The maximum Gasteiger partial charge on any atom is 0.118 e. The van der Waals surface area contributed by atoms with Crippen LogP contribution in [0.3, 0.4) is 0 Å². The van der Waals surface area contributed by atoms with Gasteiger partial charge in [0.15, 0.2) is 0 Å². The third kappa shape index (κ3) is 5.78. The van der Waals surface area contributed by atoms with Crippen LogP contribution in [-0.2, 0) is 5.54 Å². The van der Waals surface area contributed by atoms with Crippen molar-refractivity contribution < 1.29 is 0 Å². The Hall–Kier alpha value is -1.42. The Morgan fingerprint density at radius 1 is 0.926 bits per heavy atom. The fourth-order valence-corrected chi connectivity index (χ4v) is 4.49. The van der Waals surface area contributed by atoms with Crippen LogP contribution < -0.4 is 5.73 Å². The Morgan fingerprint density at radius 3 is 2.04 bits per heavy atom. The van der Waals surface area contributed by atoms with Gasteiger partial charge in [0.05, 0.1) is 0 Å². The molecule has 0 bridgehead atoms. The number of fused-ring (bicyclic) bond motifs is 1. The summed E-state index contributed by atoms with van der Waals surface area (Å²) >= 11 is 0. The van der Waals surface area contributed by atoms with Gasteiger partial charge >= 0.3 is 0 Å². The molecule has 0 aliphatic heterocycles. The van der Waals surface area contributed by atoms with Gasteiger partial charge in [-0.05, 0) is 30.7 Å². The van der Waals surface area contributed by atoms with Crippen molar-refractivity contribution >= 4 is 11.0 Å². The second-order valence-electron chi connectivity index (χ2n) is 8.39. The maximum absolute atomic E-state index is 7.26. The zero-order valence-electron chi connectivity index (χ0n) is 17.9. The molecule has 2 rings (SSSR count). The van der Waals surface area contributed by atoms with Crippen LogP contribution in [0.15, 0.2) is 18.2 Å². The van der Waals surface area contributed by atoms with E-state index in [2.05, 4.69) is 55.2 Å². The smallest absolute Gasteiger partial charge is 0.118 e. The standard InChI is InChI=1S/C23H40N4/c1-5-9-12-18(7-3)16-23(24,17-19(8-4)13-10-6-2)20-14-11-15-21-22(20)26-27-25-21/h11,14-15,18-19H,5-10,12-13,16-17,24H2,1-4H3,(H,25,26,27). The zero-order chi connectivity index (χ0) is 19.7. The largest absolute Gasteiger partial charge is 0.321 e. The molecule has 2 aromatic rings. The first kappa shape index (κ1) is 21.9. The predicted molar refractivity (Wildman–Crippen MR) is 116 cm³/mol. The molecule has 0 saturated carbocycles. The Morgan fingerprint density at radius 2 is 1.52 bits per heavy atom. The number of H-pyrrole nitrogens is 1. The van der Waals surface area contributed by atoms with Gasteiger partial charge in [-0.25, -0.2) is 0 Å². The molecule has 1 aromatic heterocycles. The summed E-state index contributed by atoms with van der Waals surface area (Å²) in [6.45, 7) is 9.17. The first-order chi connectivity index (χ1) is 13.1. The van der Waals surface area contributed by atoms with Gasteiger partial charge in [0, 0.05) is 11.1 Å². The van der Waals surface area contributed by atoms with Crippen LogP contribution in [0, 0.1) is 11.8 Å². The summed E-state index contributed by atoms with van der Waals surface area (Å²) in [4.78, 5) is 0. The number of nitrogens with one attached hydrogen (secondary N) is 1. The SMILES string of the molecule is CCCCC(CC)CC(N)(CC(CC)CCCC)c1cccc2n[nH]nc12. The minimum absolute atomic E-state index is 0.334. The van der Waals surface area contributed by atoms with Crippen LogP contribution in [0.4, 0.5) is 0 Å². The molecule has 0 fully saturated rings. The van der Waals surface area contributed by atoms with E-state index in [1.54, 1.807) is 0 Å². The summed E-state index contributed by atoms with van der Waals surface area (Å²) in [6.07, 6.45) is 12.1. The summed E-state index contributed by atoms with van der Waals surface area (Å²) < 4.78 is 0. The number of unbranched alkanes of at least 4 members (excludes halogenated alkanes) is 2. The molecule has 0 aliphatic rings. The third-order valence-corrected chi connectivity index (χ3v) is 6.28. The van der Waals surface area contributed by atoms with Gasteiger partial charge in [0.1, 0.15) is 11.0 Å². The lowest BCUT2D eigenvalue weighted by Crippen LogP contribution is -2.41. The lowest BCUT2D eigenvalue weighted by molar-refractivity contribution is 0.233. The van der Waals surface area contributed by atoms with E-state index >= 15 is 0 Å². The quantitative estimate of drug-likeness (QED) is 0.432. The normalized spacial score (nSPS) is 16.3. The van der Waals surface area contributed by atoms with Gasteiger partial charge < -0.3 is 5.73 Å². The Balaban J connectivity index is 2.35. The average molecular weight is 373 g/mol. The lowest BCUT2D eigenvalue weighted by Gasteiger charge is -2.37. The second kappa shape index (κ2) is 10.8. The number of hydrogen-bond acceptors (Lipinski definition) is 3. The number of nitrogens with two attached hydrogens (primary N) is 1. The van der Waals surface area contributed by atoms with Gasteiger partial charge in [-0.3, -0.25) is 0 Å². The summed E-state index contributed by atoms with van der Waals surface area (Å²) in [6, 6.07) is 6.29. The maximum atomic E-state index is 7.26. The van der Waals surface area contributed by atoms with E-state index < -0.39 is 0 Å². The van der Waals surface area contributed by atoms with E-state index in [1.165, 1.54) is 56.9 Å². The van der Waals surface area contributed by atoms with Gasteiger partial charge in [-0.15, -0.1) is 0 Å². The van der Waals surface area contributed by atoms with E-state index in [1.807, 2.05) is 6.07 Å². The molecule has 152 valence electrons. The molecule has 4 heteroatoms. The number of benzene rings is 1. The van der Waals surface area contributed by atoms with Crippen LogP contribution >= 0.6 is 0 Å². The van der Waals surface area contributed by atoms with Gasteiger partial charge in [0.25, 0.3) is 0 Å². The third-order valence-electron chi connectivity index (χ3n) is 6.28. The zero-order valence-corrected chi connectivity index (χ0v) is 17.9. The topological polar surface area (TPSA) is 67.6 Å². The summed E-state index contributed by atoms with van der Waals surface area (Å²) in [5.41, 5.74) is 9.98. The molecule has 2 atom stereocenters. The van der Waals surface area contributed by atoms with E-state index in [9.17, 15) is 0 Å². The van der Waals surface area contributed by atoms with Crippen molar-refractivity contribution in [2.45, 2.75) is 97.4 Å². The highest BCUT2D eigenvalue weighted by atomic mass is 15.3. The molecule has 3 N–H and O–H groups in total. The van der Waals surface area contributed by atoms with Crippen molar-refractivity contribution in [3.8, 4) is 0 Å². The van der Waals surface area contributed by atoms with Gasteiger partial charge in [0.2, 0.25) is 0 Å². The molecular weight excluding hydrogens is 332 g/mol. The molecule has 0 spiro atoms. The first-order valence-electron chi connectivity index (χ1n) is 11.2. The highest BCUT2D eigenvalue weighted by molar-refractivity contribution is 5.78. The molecule has 4 nitrogen and oxygen atoms in total. The fraction of sp³-hybridized carbons (Fsp3) is 0.739. The van der Waals surface area contributed by atoms with E-state index in [4.69, 9.17) is 5.73 Å². The average Bonchev–Trinajstić information content (AvgIpc) is 3.17. The molecule has 0 saturated heterocycles. The number of para-hydroxylation sites is 1. The first-order valence-corrected chi connectivity index (χ1v) is 11.2. The molecule has 1 aromatic carbocycles. The number of rotatable bonds is 13. The van der Waals surface area contributed by atoms with Crippen molar-refractivity contribution in [1.82, 2.24) is 15.4 Å². The highest BCUT2D eigenvalue weighted by Gasteiger charge is 2.34. The van der Waals surface area contributed by atoms with Gasteiger partial charge in [-0.2, -0.15) is 15.4 Å². The highest BCUT2D eigenvalue weighted by Crippen LogP contribution is 2.39.